The van der Waals surface area contributed by atoms with Crippen molar-refractivity contribution in [3.05, 3.63) is 89.6 Å². The second-order valence-corrected chi connectivity index (χ2v) is 8.56. The lowest BCUT2D eigenvalue weighted by atomic mass is 10.0. The SMILES string of the molecule is COc1ccc(NC2=C(c3ccc(OCC(C)C)cc3)C(=O)N(c3ccccc3C)C2=O)cc1. The second-order valence-electron chi connectivity index (χ2n) is 8.56. The molecule has 0 atom stereocenters. The topological polar surface area (TPSA) is 67.9 Å². The molecule has 4 rings (SSSR count). The number of ether oxygens (including phenoxy) is 2. The predicted molar refractivity (Wildman–Crippen MR) is 134 cm³/mol. The number of rotatable bonds is 8. The zero-order valence-electron chi connectivity index (χ0n) is 19.8. The third-order valence-corrected chi connectivity index (χ3v) is 5.53. The Bertz CT molecular complexity index is 1230. The Labute approximate surface area is 199 Å². The Kier molecular flexibility index (Phi) is 6.68. The van der Waals surface area contributed by atoms with Gasteiger partial charge in [-0.3, -0.25) is 9.59 Å². The molecule has 6 nitrogen and oxygen atoms in total. The van der Waals surface area contributed by atoms with Crippen LogP contribution in [0.2, 0.25) is 0 Å². The molecule has 174 valence electrons. The number of nitrogens with one attached hydrogen (secondary N) is 1. The summed E-state index contributed by atoms with van der Waals surface area (Å²) in [5.41, 5.74) is 3.28. The molecule has 1 heterocycles. The molecule has 34 heavy (non-hydrogen) atoms. The van der Waals surface area contributed by atoms with Crippen molar-refractivity contribution in [1.29, 1.82) is 0 Å². The third kappa shape index (κ3) is 4.66. The molecule has 0 aromatic heterocycles. The van der Waals surface area contributed by atoms with Crippen molar-refractivity contribution in [2.75, 3.05) is 23.9 Å². The Morgan fingerprint density at radius 3 is 2.12 bits per heavy atom. The highest BCUT2D eigenvalue weighted by molar-refractivity contribution is 6.46. The minimum atomic E-state index is -0.398. The minimum absolute atomic E-state index is 0.231. The largest absolute Gasteiger partial charge is 0.497 e. The molecular weight excluding hydrogens is 428 g/mol. The van der Waals surface area contributed by atoms with Crippen molar-refractivity contribution in [1.82, 2.24) is 0 Å². The van der Waals surface area contributed by atoms with Crippen molar-refractivity contribution in [3.63, 3.8) is 0 Å². The summed E-state index contributed by atoms with van der Waals surface area (Å²) in [6.07, 6.45) is 0. The molecule has 6 heteroatoms. The van der Waals surface area contributed by atoms with Gasteiger partial charge in [-0.15, -0.1) is 0 Å². The number of hydrogen-bond donors (Lipinski definition) is 1. The first-order valence-electron chi connectivity index (χ1n) is 11.2. The first kappa shape index (κ1) is 23.1. The van der Waals surface area contributed by atoms with Crippen LogP contribution in [0.3, 0.4) is 0 Å². The maximum atomic E-state index is 13.6. The molecule has 0 radical (unpaired) electrons. The van der Waals surface area contributed by atoms with Crippen LogP contribution in [0.25, 0.3) is 5.57 Å². The number of para-hydroxylation sites is 1. The van der Waals surface area contributed by atoms with Crippen LogP contribution in [0, 0.1) is 12.8 Å². The van der Waals surface area contributed by atoms with E-state index in [0.717, 1.165) is 11.3 Å². The number of anilines is 2. The van der Waals surface area contributed by atoms with Gasteiger partial charge >= 0.3 is 0 Å². The number of imide groups is 1. The zero-order valence-corrected chi connectivity index (χ0v) is 19.8. The Morgan fingerprint density at radius 2 is 1.50 bits per heavy atom. The van der Waals surface area contributed by atoms with Crippen LogP contribution in [0.4, 0.5) is 11.4 Å². The van der Waals surface area contributed by atoms with E-state index in [0.29, 0.717) is 40.8 Å². The maximum absolute atomic E-state index is 13.6. The molecular formula is C28H28N2O4. The molecule has 0 fully saturated rings. The van der Waals surface area contributed by atoms with Gasteiger partial charge in [0.25, 0.3) is 11.8 Å². The number of carbonyl (C=O) groups excluding carboxylic acids is 2. The number of benzene rings is 3. The van der Waals surface area contributed by atoms with Crippen molar-refractivity contribution < 1.29 is 19.1 Å². The monoisotopic (exact) mass is 456 g/mol. The fraction of sp³-hybridized carbons (Fsp3) is 0.214. The van der Waals surface area contributed by atoms with E-state index in [4.69, 9.17) is 9.47 Å². The normalized spacial score (nSPS) is 13.6. The summed E-state index contributed by atoms with van der Waals surface area (Å²) in [5.74, 6) is 1.05. The average molecular weight is 457 g/mol. The van der Waals surface area contributed by atoms with Gasteiger partial charge in [0.05, 0.1) is 25.0 Å². The highest BCUT2D eigenvalue weighted by atomic mass is 16.5. The Balaban J connectivity index is 1.74. The standard InChI is InChI=1S/C28H28N2O4/c1-18(2)17-34-23-13-9-20(10-14-23)25-26(29-21-11-15-22(33-4)16-12-21)28(32)30(27(25)31)24-8-6-5-7-19(24)3/h5-16,18,29H,17H2,1-4H3. The van der Waals surface area contributed by atoms with Crippen LogP contribution in [-0.4, -0.2) is 25.5 Å². The maximum Gasteiger partial charge on any atom is 0.282 e. The fourth-order valence-electron chi connectivity index (χ4n) is 3.75. The van der Waals surface area contributed by atoms with Gasteiger partial charge in [0.15, 0.2) is 0 Å². The second kappa shape index (κ2) is 9.83. The quantitative estimate of drug-likeness (QED) is 0.458. The third-order valence-electron chi connectivity index (χ3n) is 5.53. The summed E-state index contributed by atoms with van der Waals surface area (Å²) in [4.78, 5) is 28.4. The lowest BCUT2D eigenvalue weighted by molar-refractivity contribution is -0.120. The van der Waals surface area contributed by atoms with Crippen LogP contribution >= 0.6 is 0 Å². The van der Waals surface area contributed by atoms with E-state index in [1.807, 2.05) is 49.4 Å². The van der Waals surface area contributed by atoms with E-state index >= 15 is 0 Å². The lowest BCUT2D eigenvalue weighted by Gasteiger charge is -2.17. The van der Waals surface area contributed by atoms with E-state index in [2.05, 4.69) is 19.2 Å². The summed E-state index contributed by atoms with van der Waals surface area (Å²) < 4.78 is 11.0. The highest BCUT2D eigenvalue weighted by Gasteiger charge is 2.40. The van der Waals surface area contributed by atoms with Gasteiger partial charge < -0.3 is 14.8 Å². The molecule has 1 N–H and O–H groups in total. The van der Waals surface area contributed by atoms with Crippen molar-refractivity contribution in [2.24, 2.45) is 5.92 Å². The van der Waals surface area contributed by atoms with Gasteiger partial charge in [-0.25, -0.2) is 4.90 Å². The molecule has 0 spiro atoms. The van der Waals surface area contributed by atoms with Gasteiger partial charge in [0, 0.05) is 5.69 Å². The number of amides is 2. The van der Waals surface area contributed by atoms with Gasteiger partial charge in [-0.05, 0) is 66.4 Å². The zero-order chi connectivity index (χ0) is 24.2. The average Bonchev–Trinajstić information content (AvgIpc) is 3.08. The molecule has 2 amide bonds. The summed E-state index contributed by atoms with van der Waals surface area (Å²) in [7, 11) is 1.59. The van der Waals surface area contributed by atoms with Gasteiger partial charge in [0.2, 0.25) is 0 Å². The highest BCUT2D eigenvalue weighted by Crippen LogP contribution is 2.35. The van der Waals surface area contributed by atoms with Crippen LogP contribution in [-0.2, 0) is 9.59 Å². The van der Waals surface area contributed by atoms with E-state index in [1.165, 1.54) is 4.90 Å². The molecule has 3 aromatic rings. The van der Waals surface area contributed by atoms with Crippen LogP contribution < -0.4 is 19.7 Å². The van der Waals surface area contributed by atoms with Gasteiger partial charge in [-0.1, -0.05) is 44.2 Å². The van der Waals surface area contributed by atoms with E-state index in [1.54, 1.807) is 37.4 Å². The van der Waals surface area contributed by atoms with Crippen LogP contribution in [0.5, 0.6) is 11.5 Å². The number of nitrogens with zero attached hydrogens (tertiary/aromatic N) is 1. The molecule has 3 aromatic carbocycles. The van der Waals surface area contributed by atoms with E-state index in [-0.39, 0.29) is 11.6 Å². The fourth-order valence-corrected chi connectivity index (χ4v) is 3.75. The predicted octanol–water partition coefficient (Wildman–Crippen LogP) is 5.44. The first-order valence-corrected chi connectivity index (χ1v) is 11.2. The Hall–Kier alpha value is -4.06. The van der Waals surface area contributed by atoms with Crippen molar-refractivity contribution in [3.8, 4) is 11.5 Å². The summed E-state index contributed by atoms with van der Waals surface area (Å²) >= 11 is 0. The molecule has 1 aliphatic heterocycles. The summed E-state index contributed by atoms with van der Waals surface area (Å²) in [6.45, 7) is 6.65. The Morgan fingerprint density at radius 1 is 0.853 bits per heavy atom. The molecule has 0 aliphatic carbocycles. The lowest BCUT2D eigenvalue weighted by Crippen LogP contribution is -2.33. The number of hydrogen-bond acceptors (Lipinski definition) is 5. The first-order chi connectivity index (χ1) is 16.4. The molecule has 0 unspecified atom stereocenters. The molecule has 1 aliphatic rings. The van der Waals surface area contributed by atoms with Crippen LogP contribution in [0.1, 0.15) is 25.0 Å². The van der Waals surface area contributed by atoms with Crippen molar-refractivity contribution >= 4 is 28.8 Å². The number of methoxy groups -OCH3 is 1. The number of carbonyl (C=O) groups is 2. The molecule has 0 saturated carbocycles. The van der Waals surface area contributed by atoms with E-state index in [9.17, 15) is 9.59 Å². The summed E-state index contributed by atoms with van der Waals surface area (Å²) in [5, 5.41) is 3.18. The van der Waals surface area contributed by atoms with Crippen molar-refractivity contribution in [2.45, 2.75) is 20.8 Å². The van der Waals surface area contributed by atoms with Crippen LogP contribution in [0.15, 0.2) is 78.5 Å². The van der Waals surface area contributed by atoms with Gasteiger partial charge in [0.1, 0.15) is 17.2 Å². The minimum Gasteiger partial charge on any atom is -0.497 e. The number of aryl methyl sites for hydroxylation is 1. The molecule has 0 bridgehead atoms. The molecule has 0 saturated heterocycles. The summed E-state index contributed by atoms with van der Waals surface area (Å²) in [6, 6.07) is 21.8. The van der Waals surface area contributed by atoms with Gasteiger partial charge in [-0.2, -0.15) is 0 Å². The smallest absolute Gasteiger partial charge is 0.282 e. The van der Waals surface area contributed by atoms with E-state index < -0.39 is 5.91 Å².